The predicted octanol–water partition coefficient (Wildman–Crippen LogP) is 1.96. The second kappa shape index (κ2) is 2.95. The summed E-state index contributed by atoms with van der Waals surface area (Å²) in [6.07, 6.45) is 2.08. The Morgan fingerprint density at radius 2 is 2.27 bits per heavy atom. The molecule has 0 bridgehead atoms. The van der Waals surface area contributed by atoms with E-state index in [4.69, 9.17) is 9.47 Å². The Balaban J connectivity index is 2.47. The van der Waals surface area contributed by atoms with E-state index in [1.54, 1.807) is 0 Å². The summed E-state index contributed by atoms with van der Waals surface area (Å²) in [4.78, 5) is 0. The van der Waals surface area contributed by atoms with Crippen LogP contribution in [-0.2, 0) is 9.47 Å². The zero-order chi connectivity index (χ0) is 8.48. The monoisotopic (exact) mass is 156 g/mol. The summed E-state index contributed by atoms with van der Waals surface area (Å²) >= 11 is 0. The van der Waals surface area contributed by atoms with Crippen LogP contribution in [0.25, 0.3) is 0 Å². The predicted molar refractivity (Wildman–Crippen MR) is 44.3 cm³/mol. The van der Waals surface area contributed by atoms with Gasteiger partial charge in [0.15, 0.2) is 5.79 Å². The van der Waals surface area contributed by atoms with Gasteiger partial charge in [-0.1, -0.05) is 13.0 Å². The highest BCUT2D eigenvalue weighted by Crippen LogP contribution is 2.26. The van der Waals surface area contributed by atoms with Crippen molar-refractivity contribution in [2.24, 2.45) is 5.92 Å². The Bertz CT molecular complexity index is 152. The first-order valence-corrected chi connectivity index (χ1v) is 3.99. The van der Waals surface area contributed by atoms with Crippen LogP contribution in [0.15, 0.2) is 12.7 Å². The third-order valence-corrected chi connectivity index (χ3v) is 1.99. The number of rotatable bonds is 2. The van der Waals surface area contributed by atoms with Crippen LogP contribution in [0, 0.1) is 5.92 Å². The Labute approximate surface area is 68.2 Å². The quantitative estimate of drug-likeness (QED) is 0.569. The summed E-state index contributed by atoms with van der Waals surface area (Å²) < 4.78 is 11.0. The zero-order valence-corrected chi connectivity index (χ0v) is 7.46. The number of hydrogen-bond donors (Lipinski definition) is 0. The summed E-state index contributed by atoms with van der Waals surface area (Å²) in [6, 6.07) is 0. The van der Waals surface area contributed by atoms with Gasteiger partial charge in [0.1, 0.15) is 0 Å². The van der Waals surface area contributed by atoms with Gasteiger partial charge in [-0.25, -0.2) is 0 Å². The van der Waals surface area contributed by atoms with E-state index in [0.717, 1.165) is 0 Å². The second-order valence-electron chi connectivity index (χ2n) is 3.46. The first-order valence-electron chi connectivity index (χ1n) is 3.99. The topological polar surface area (TPSA) is 18.5 Å². The molecule has 11 heavy (non-hydrogen) atoms. The van der Waals surface area contributed by atoms with Gasteiger partial charge < -0.3 is 9.47 Å². The van der Waals surface area contributed by atoms with Gasteiger partial charge in [0, 0.05) is 5.92 Å². The van der Waals surface area contributed by atoms with E-state index in [1.165, 1.54) is 0 Å². The Kier molecular flexibility index (Phi) is 2.35. The lowest BCUT2D eigenvalue weighted by Crippen LogP contribution is -2.24. The molecular weight excluding hydrogens is 140 g/mol. The van der Waals surface area contributed by atoms with Crippen molar-refractivity contribution in [2.75, 3.05) is 6.61 Å². The van der Waals surface area contributed by atoms with Crippen LogP contribution in [0.5, 0.6) is 0 Å². The minimum Gasteiger partial charge on any atom is -0.348 e. The molecule has 2 atom stereocenters. The minimum absolute atomic E-state index is 0.183. The van der Waals surface area contributed by atoms with Gasteiger partial charge >= 0.3 is 0 Å². The summed E-state index contributed by atoms with van der Waals surface area (Å²) in [5.41, 5.74) is 0. The fourth-order valence-electron chi connectivity index (χ4n) is 1.13. The molecule has 1 fully saturated rings. The van der Waals surface area contributed by atoms with Crippen molar-refractivity contribution >= 4 is 0 Å². The smallest absolute Gasteiger partial charge is 0.163 e. The normalized spacial score (nSPS) is 31.7. The Morgan fingerprint density at radius 1 is 1.64 bits per heavy atom. The standard InChI is InChI=1S/C9H16O2/c1-5-7(2)8-6-10-9(3,4)11-8/h5,7-8H,1,6H2,2-4H3/t7-,8-/m1/s1. The highest BCUT2D eigenvalue weighted by atomic mass is 16.7. The third-order valence-electron chi connectivity index (χ3n) is 1.99. The molecule has 2 nitrogen and oxygen atoms in total. The van der Waals surface area contributed by atoms with Gasteiger partial charge in [-0.05, 0) is 13.8 Å². The summed E-state index contributed by atoms with van der Waals surface area (Å²) in [5.74, 6) is -0.0288. The number of ether oxygens (including phenoxy) is 2. The first kappa shape index (κ1) is 8.75. The van der Waals surface area contributed by atoms with Crippen LogP contribution < -0.4 is 0 Å². The largest absolute Gasteiger partial charge is 0.348 e. The van der Waals surface area contributed by atoms with E-state index in [1.807, 2.05) is 19.9 Å². The molecule has 0 amide bonds. The second-order valence-corrected chi connectivity index (χ2v) is 3.46. The van der Waals surface area contributed by atoms with Crippen molar-refractivity contribution in [3.63, 3.8) is 0 Å². The van der Waals surface area contributed by atoms with Crippen LogP contribution >= 0.6 is 0 Å². The van der Waals surface area contributed by atoms with Crippen molar-refractivity contribution in [1.29, 1.82) is 0 Å². The molecule has 0 aliphatic carbocycles. The van der Waals surface area contributed by atoms with Gasteiger partial charge in [0.25, 0.3) is 0 Å². The molecule has 1 heterocycles. The summed E-state index contributed by atoms with van der Waals surface area (Å²) in [5, 5.41) is 0. The molecule has 0 aromatic rings. The molecule has 64 valence electrons. The zero-order valence-electron chi connectivity index (χ0n) is 7.46. The molecule has 0 radical (unpaired) electrons. The molecule has 2 heteroatoms. The molecule has 0 unspecified atom stereocenters. The molecule has 0 aromatic heterocycles. The molecule has 1 aliphatic rings. The van der Waals surface area contributed by atoms with Crippen LogP contribution in [-0.4, -0.2) is 18.5 Å². The minimum atomic E-state index is -0.401. The highest BCUT2D eigenvalue weighted by molar-refractivity contribution is 4.85. The molecule has 0 N–H and O–H groups in total. The molecule has 0 saturated carbocycles. The molecular formula is C9H16O2. The van der Waals surface area contributed by atoms with Crippen molar-refractivity contribution in [3.8, 4) is 0 Å². The van der Waals surface area contributed by atoms with E-state index >= 15 is 0 Å². The van der Waals surface area contributed by atoms with E-state index in [-0.39, 0.29) is 6.10 Å². The van der Waals surface area contributed by atoms with Crippen LogP contribution in [0.2, 0.25) is 0 Å². The van der Waals surface area contributed by atoms with Crippen LogP contribution in [0.4, 0.5) is 0 Å². The third kappa shape index (κ3) is 2.04. The SMILES string of the molecule is C=C[C@@H](C)[C@H]1COC(C)(C)O1. The van der Waals surface area contributed by atoms with Crippen molar-refractivity contribution < 1.29 is 9.47 Å². The summed E-state index contributed by atoms with van der Waals surface area (Å²) in [7, 11) is 0. The van der Waals surface area contributed by atoms with Crippen molar-refractivity contribution in [3.05, 3.63) is 12.7 Å². The molecule has 0 aromatic carbocycles. The summed E-state index contributed by atoms with van der Waals surface area (Å²) in [6.45, 7) is 10.4. The maximum atomic E-state index is 5.61. The number of hydrogen-bond acceptors (Lipinski definition) is 2. The van der Waals surface area contributed by atoms with E-state index in [2.05, 4.69) is 13.5 Å². The maximum Gasteiger partial charge on any atom is 0.163 e. The lowest BCUT2D eigenvalue weighted by molar-refractivity contribution is -0.141. The lowest BCUT2D eigenvalue weighted by Gasteiger charge is -2.18. The van der Waals surface area contributed by atoms with Gasteiger partial charge in [-0.2, -0.15) is 0 Å². The van der Waals surface area contributed by atoms with Gasteiger partial charge in [-0.15, -0.1) is 6.58 Å². The fourth-order valence-corrected chi connectivity index (χ4v) is 1.13. The maximum absolute atomic E-state index is 5.61. The van der Waals surface area contributed by atoms with E-state index < -0.39 is 5.79 Å². The fraction of sp³-hybridized carbons (Fsp3) is 0.778. The lowest BCUT2D eigenvalue weighted by atomic mass is 10.1. The molecule has 1 saturated heterocycles. The Morgan fingerprint density at radius 3 is 2.64 bits per heavy atom. The molecule has 1 rings (SSSR count). The van der Waals surface area contributed by atoms with Gasteiger partial charge in [-0.3, -0.25) is 0 Å². The van der Waals surface area contributed by atoms with Gasteiger partial charge in [0.2, 0.25) is 0 Å². The molecule has 1 aliphatic heterocycles. The first-order chi connectivity index (χ1) is 5.05. The van der Waals surface area contributed by atoms with Crippen LogP contribution in [0.3, 0.4) is 0 Å². The van der Waals surface area contributed by atoms with Crippen molar-refractivity contribution in [2.45, 2.75) is 32.7 Å². The van der Waals surface area contributed by atoms with E-state index in [0.29, 0.717) is 12.5 Å². The van der Waals surface area contributed by atoms with Crippen molar-refractivity contribution in [1.82, 2.24) is 0 Å². The van der Waals surface area contributed by atoms with E-state index in [9.17, 15) is 0 Å². The Hall–Kier alpha value is -0.340. The van der Waals surface area contributed by atoms with Crippen LogP contribution in [0.1, 0.15) is 20.8 Å². The van der Waals surface area contributed by atoms with Gasteiger partial charge in [0.05, 0.1) is 12.7 Å². The molecule has 0 spiro atoms. The average Bonchev–Trinajstić information content (AvgIpc) is 2.29. The average molecular weight is 156 g/mol. The highest BCUT2D eigenvalue weighted by Gasteiger charge is 2.34.